The smallest absolute Gasteiger partial charge is 0.274 e. The van der Waals surface area contributed by atoms with Crippen molar-refractivity contribution in [2.75, 3.05) is 20.4 Å². The Hall–Kier alpha value is -1.95. The average Bonchev–Trinajstić information content (AvgIpc) is 2.72. The Morgan fingerprint density at radius 2 is 2.25 bits per heavy atom. The number of nitrogens with zero attached hydrogens (tertiary/aromatic N) is 1. The molecule has 0 atom stereocenters. The molecule has 0 saturated heterocycles. The van der Waals surface area contributed by atoms with Crippen LogP contribution < -0.4 is 20.1 Å². The number of hydrogen-bond donors (Lipinski definition) is 1. The van der Waals surface area contributed by atoms with Crippen molar-refractivity contribution in [3.05, 3.63) is 18.2 Å². The highest BCUT2D eigenvalue weighted by Crippen LogP contribution is 2.34. The Morgan fingerprint density at radius 1 is 1.50 bits per heavy atom. The van der Waals surface area contributed by atoms with Crippen molar-refractivity contribution in [2.24, 2.45) is 5.84 Å². The van der Waals surface area contributed by atoms with E-state index in [1.165, 1.54) is 7.05 Å². The number of likely N-dealkylation sites (N-methyl/N-ethyl adjacent to an activating group) is 1. The van der Waals surface area contributed by atoms with E-state index in [2.05, 4.69) is 0 Å². The van der Waals surface area contributed by atoms with E-state index in [9.17, 15) is 4.79 Å². The van der Waals surface area contributed by atoms with Gasteiger partial charge in [-0.15, -0.1) is 0 Å². The van der Waals surface area contributed by atoms with Crippen molar-refractivity contribution in [1.82, 2.24) is 5.01 Å². The maximum absolute atomic E-state index is 11.2. The van der Waals surface area contributed by atoms with Gasteiger partial charge in [0.15, 0.2) is 18.1 Å². The number of nitrogens with two attached hydrogens (primary N) is 1. The van der Waals surface area contributed by atoms with Gasteiger partial charge in [-0.1, -0.05) is 0 Å². The lowest BCUT2D eigenvalue weighted by molar-refractivity contribution is -0.132. The molecule has 1 aromatic carbocycles. The van der Waals surface area contributed by atoms with E-state index in [1.54, 1.807) is 18.2 Å². The minimum absolute atomic E-state index is 0.105. The van der Waals surface area contributed by atoms with Crippen molar-refractivity contribution >= 4 is 5.91 Å². The van der Waals surface area contributed by atoms with E-state index in [-0.39, 0.29) is 19.3 Å². The Labute approximate surface area is 92.5 Å². The number of carbonyl (C=O) groups excluding carboxylic acids is 1. The second-order valence-corrected chi connectivity index (χ2v) is 3.31. The molecule has 0 aromatic heterocycles. The first-order valence-electron chi connectivity index (χ1n) is 4.70. The van der Waals surface area contributed by atoms with E-state index in [0.717, 1.165) is 5.01 Å². The number of ether oxygens (including phenoxy) is 3. The summed E-state index contributed by atoms with van der Waals surface area (Å²) in [7, 11) is 1.46. The van der Waals surface area contributed by atoms with Crippen LogP contribution in [0, 0.1) is 0 Å². The first kappa shape index (κ1) is 10.6. The van der Waals surface area contributed by atoms with Crippen molar-refractivity contribution < 1.29 is 19.0 Å². The monoisotopic (exact) mass is 224 g/mol. The minimum Gasteiger partial charge on any atom is -0.484 e. The van der Waals surface area contributed by atoms with Crippen LogP contribution in [-0.2, 0) is 4.79 Å². The lowest BCUT2D eigenvalue weighted by Gasteiger charge is -2.11. The molecular formula is C10H12N2O4. The van der Waals surface area contributed by atoms with Crippen molar-refractivity contribution in [2.45, 2.75) is 0 Å². The molecule has 1 heterocycles. The third-order valence-corrected chi connectivity index (χ3v) is 2.10. The van der Waals surface area contributed by atoms with Gasteiger partial charge in [-0.2, -0.15) is 0 Å². The largest absolute Gasteiger partial charge is 0.484 e. The summed E-state index contributed by atoms with van der Waals surface area (Å²) in [5, 5.41) is 0.979. The minimum atomic E-state index is -0.308. The molecule has 2 N–H and O–H groups in total. The number of carbonyl (C=O) groups is 1. The molecule has 1 amide bonds. The average molecular weight is 224 g/mol. The molecule has 0 spiro atoms. The van der Waals surface area contributed by atoms with E-state index in [1.807, 2.05) is 0 Å². The second-order valence-electron chi connectivity index (χ2n) is 3.31. The van der Waals surface area contributed by atoms with E-state index in [4.69, 9.17) is 20.1 Å². The third-order valence-electron chi connectivity index (χ3n) is 2.10. The van der Waals surface area contributed by atoms with E-state index >= 15 is 0 Å². The highest BCUT2D eigenvalue weighted by molar-refractivity contribution is 5.76. The predicted octanol–water partition coefficient (Wildman–Crippen LogP) is 0.126. The van der Waals surface area contributed by atoms with Crippen LogP contribution in [0.5, 0.6) is 17.2 Å². The lowest BCUT2D eigenvalue weighted by atomic mass is 10.3. The molecule has 0 unspecified atom stereocenters. The molecule has 0 aliphatic carbocycles. The molecular weight excluding hydrogens is 212 g/mol. The number of fused-ring (bicyclic) bond motifs is 1. The van der Waals surface area contributed by atoms with Gasteiger partial charge in [0.1, 0.15) is 5.75 Å². The Kier molecular flexibility index (Phi) is 2.82. The summed E-state index contributed by atoms with van der Waals surface area (Å²) in [6, 6.07) is 5.11. The van der Waals surface area contributed by atoms with Crippen LogP contribution in [0.25, 0.3) is 0 Å². The first-order valence-corrected chi connectivity index (χ1v) is 4.70. The van der Waals surface area contributed by atoms with Crippen LogP contribution in [-0.4, -0.2) is 31.4 Å². The van der Waals surface area contributed by atoms with Crippen molar-refractivity contribution in [1.29, 1.82) is 0 Å². The molecule has 0 fully saturated rings. The molecule has 1 aromatic rings. The molecule has 6 heteroatoms. The first-order chi connectivity index (χ1) is 7.66. The Morgan fingerprint density at radius 3 is 3.00 bits per heavy atom. The zero-order valence-electron chi connectivity index (χ0n) is 8.80. The summed E-state index contributed by atoms with van der Waals surface area (Å²) in [5.74, 6) is 6.78. The quantitative estimate of drug-likeness (QED) is 0.448. The normalized spacial score (nSPS) is 12.4. The van der Waals surface area contributed by atoms with Crippen LogP contribution in [0.1, 0.15) is 0 Å². The second kappa shape index (κ2) is 4.28. The van der Waals surface area contributed by atoms with E-state index in [0.29, 0.717) is 17.2 Å². The molecule has 2 rings (SSSR count). The van der Waals surface area contributed by atoms with Gasteiger partial charge in [-0.3, -0.25) is 9.80 Å². The van der Waals surface area contributed by atoms with Gasteiger partial charge in [-0.05, 0) is 12.1 Å². The number of amides is 1. The predicted molar refractivity (Wildman–Crippen MR) is 55.0 cm³/mol. The van der Waals surface area contributed by atoms with Crippen molar-refractivity contribution in [3.8, 4) is 17.2 Å². The maximum Gasteiger partial charge on any atom is 0.274 e. The molecule has 1 aliphatic heterocycles. The zero-order valence-corrected chi connectivity index (χ0v) is 8.80. The topological polar surface area (TPSA) is 74.0 Å². The maximum atomic E-state index is 11.2. The van der Waals surface area contributed by atoms with E-state index < -0.39 is 0 Å². The molecule has 86 valence electrons. The van der Waals surface area contributed by atoms with Gasteiger partial charge < -0.3 is 14.2 Å². The highest BCUT2D eigenvalue weighted by Gasteiger charge is 2.14. The summed E-state index contributed by atoms with van der Waals surface area (Å²) in [5.41, 5.74) is 0. The molecule has 16 heavy (non-hydrogen) atoms. The fraction of sp³-hybridized carbons (Fsp3) is 0.300. The number of hydrazine groups is 1. The highest BCUT2D eigenvalue weighted by atomic mass is 16.7. The fourth-order valence-corrected chi connectivity index (χ4v) is 1.21. The van der Waals surface area contributed by atoms with Crippen LogP contribution in [0.4, 0.5) is 0 Å². The molecule has 0 saturated carbocycles. The Balaban J connectivity index is 1.98. The fourth-order valence-electron chi connectivity index (χ4n) is 1.21. The van der Waals surface area contributed by atoms with Crippen LogP contribution >= 0.6 is 0 Å². The molecule has 0 radical (unpaired) electrons. The molecule has 0 bridgehead atoms. The van der Waals surface area contributed by atoms with Crippen LogP contribution in [0.2, 0.25) is 0 Å². The molecule has 6 nitrogen and oxygen atoms in total. The van der Waals surface area contributed by atoms with Gasteiger partial charge in [0.25, 0.3) is 5.91 Å². The van der Waals surface area contributed by atoms with Gasteiger partial charge >= 0.3 is 0 Å². The lowest BCUT2D eigenvalue weighted by Crippen LogP contribution is -2.36. The number of rotatable bonds is 3. The summed E-state index contributed by atoms with van der Waals surface area (Å²) in [6.45, 7) is 0.107. The Bertz CT molecular complexity index is 406. The SMILES string of the molecule is CN(N)C(=O)COc1ccc2c(c1)OCO2. The van der Waals surface area contributed by atoms with Crippen molar-refractivity contribution in [3.63, 3.8) is 0 Å². The van der Waals surface area contributed by atoms with Gasteiger partial charge in [0.05, 0.1) is 0 Å². The summed E-state index contributed by atoms with van der Waals surface area (Å²) in [6.07, 6.45) is 0. The van der Waals surface area contributed by atoms with Crippen LogP contribution in [0.15, 0.2) is 18.2 Å². The zero-order chi connectivity index (χ0) is 11.5. The number of benzene rings is 1. The van der Waals surface area contributed by atoms with Gasteiger partial charge in [0, 0.05) is 13.1 Å². The standard InChI is InChI=1S/C10H12N2O4/c1-12(11)10(13)5-14-7-2-3-8-9(4-7)16-6-15-8/h2-4H,5-6,11H2,1H3. The summed E-state index contributed by atoms with van der Waals surface area (Å²) >= 11 is 0. The van der Waals surface area contributed by atoms with Gasteiger partial charge in [0.2, 0.25) is 6.79 Å². The van der Waals surface area contributed by atoms with Gasteiger partial charge in [-0.25, -0.2) is 5.84 Å². The molecule has 1 aliphatic rings. The van der Waals surface area contributed by atoms with Crippen LogP contribution in [0.3, 0.4) is 0 Å². The summed E-state index contributed by atoms with van der Waals surface area (Å²) < 4.78 is 15.6. The summed E-state index contributed by atoms with van der Waals surface area (Å²) in [4.78, 5) is 11.2. The third kappa shape index (κ3) is 2.17. The number of hydrogen-bond acceptors (Lipinski definition) is 5.